The number of halogens is 2. The zero-order valence-corrected chi connectivity index (χ0v) is 10.3. The number of hydrogen-bond donors (Lipinski definition) is 3. The molecule has 0 aliphatic rings. The van der Waals surface area contributed by atoms with E-state index in [2.05, 4.69) is 10.3 Å². The highest BCUT2D eigenvalue weighted by atomic mass is 32.1. The van der Waals surface area contributed by atoms with Crippen molar-refractivity contribution in [3.05, 3.63) is 50.1 Å². The molecule has 0 unspecified atom stereocenters. The van der Waals surface area contributed by atoms with Gasteiger partial charge in [0.25, 0.3) is 5.91 Å². The normalized spacial score (nSPS) is 10.4. The summed E-state index contributed by atoms with van der Waals surface area (Å²) in [7, 11) is 0. The number of amides is 1. The molecule has 5 nitrogen and oxygen atoms in total. The van der Waals surface area contributed by atoms with Gasteiger partial charge < -0.3 is 16.0 Å². The summed E-state index contributed by atoms with van der Waals surface area (Å²) in [6, 6.07) is 1.96. The predicted molar refractivity (Wildman–Crippen MR) is 66.9 cm³/mol. The molecule has 2 rings (SSSR count). The SMILES string of the molecule is Nc1ccc(F)c(C(=O)NCc2csc(=O)[nH]2)c1F. The topological polar surface area (TPSA) is 88.0 Å². The number of nitrogens with one attached hydrogen (secondary N) is 2. The van der Waals surface area contributed by atoms with Crippen LogP contribution in [-0.4, -0.2) is 10.9 Å². The number of aromatic amines is 1. The maximum Gasteiger partial charge on any atom is 0.304 e. The predicted octanol–water partition coefficient (Wildman–Crippen LogP) is 1.23. The Balaban J connectivity index is 2.16. The molecule has 8 heteroatoms. The Kier molecular flexibility index (Phi) is 3.61. The number of nitrogen functional groups attached to an aromatic ring is 1. The first-order valence-electron chi connectivity index (χ1n) is 5.17. The molecule has 2 aromatic rings. The first-order chi connectivity index (χ1) is 8.99. The smallest absolute Gasteiger partial charge is 0.304 e. The Hall–Kier alpha value is -2.22. The Morgan fingerprint density at radius 2 is 2.16 bits per heavy atom. The summed E-state index contributed by atoms with van der Waals surface area (Å²) in [6.07, 6.45) is 0. The number of rotatable bonds is 3. The van der Waals surface area contributed by atoms with Crippen molar-refractivity contribution in [1.29, 1.82) is 0 Å². The molecule has 1 amide bonds. The summed E-state index contributed by atoms with van der Waals surface area (Å²) in [5.41, 5.74) is 4.67. The lowest BCUT2D eigenvalue weighted by molar-refractivity contribution is 0.0942. The van der Waals surface area contributed by atoms with E-state index in [1.807, 2.05) is 0 Å². The van der Waals surface area contributed by atoms with Crippen LogP contribution in [0.2, 0.25) is 0 Å². The minimum Gasteiger partial charge on any atom is -0.396 e. The third-order valence-corrected chi connectivity index (χ3v) is 3.08. The third kappa shape index (κ3) is 2.79. The molecule has 19 heavy (non-hydrogen) atoms. The Morgan fingerprint density at radius 3 is 2.79 bits per heavy atom. The zero-order chi connectivity index (χ0) is 14.0. The average molecular weight is 285 g/mol. The summed E-state index contributed by atoms with van der Waals surface area (Å²) in [4.78, 5) is 24.7. The maximum absolute atomic E-state index is 13.6. The standard InChI is InChI=1S/C11H9F2N3O2S/c12-6-1-2-7(14)9(13)8(6)10(17)15-3-5-4-19-11(18)16-5/h1-2,4H,3,14H2,(H,15,17)(H,16,18). The average Bonchev–Trinajstić information content (AvgIpc) is 2.78. The summed E-state index contributed by atoms with van der Waals surface area (Å²) in [5, 5.41) is 3.81. The largest absolute Gasteiger partial charge is 0.396 e. The number of benzene rings is 1. The second-order valence-corrected chi connectivity index (χ2v) is 4.52. The lowest BCUT2D eigenvalue weighted by Crippen LogP contribution is -2.25. The van der Waals surface area contributed by atoms with Gasteiger partial charge in [-0.2, -0.15) is 0 Å². The number of carbonyl (C=O) groups is 1. The molecule has 0 atom stereocenters. The van der Waals surface area contributed by atoms with Crippen molar-refractivity contribution in [3.63, 3.8) is 0 Å². The Morgan fingerprint density at radius 1 is 1.42 bits per heavy atom. The van der Waals surface area contributed by atoms with Crippen LogP contribution in [-0.2, 0) is 6.54 Å². The summed E-state index contributed by atoms with van der Waals surface area (Å²) in [6.45, 7) is -0.0365. The lowest BCUT2D eigenvalue weighted by atomic mass is 10.1. The zero-order valence-electron chi connectivity index (χ0n) is 9.50. The van der Waals surface area contributed by atoms with Gasteiger partial charge in [0.05, 0.1) is 12.2 Å². The van der Waals surface area contributed by atoms with Crippen molar-refractivity contribution in [2.45, 2.75) is 6.54 Å². The monoisotopic (exact) mass is 285 g/mol. The van der Waals surface area contributed by atoms with E-state index in [0.717, 1.165) is 23.5 Å². The molecule has 0 bridgehead atoms. The number of carbonyl (C=O) groups excluding carboxylic acids is 1. The molecule has 100 valence electrons. The molecule has 0 saturated heterocycles. The van der Waals surface area contributed by atoms with Gasteiger partial charge in [-0.15, -0.1) is 0 Å². The summed E-state index contributed by atoms with van der Waals surface area (Å²) < 4.78 is 27.0. The van der Waals surface area contributed by atoms with Crippen LogP contribution in [0.15, 0.2) is 22.3 Å². The minimum absolute atomic E-state index is 0.0365. The number of anilines is 1. The third-order valence-electron chi connectivity index (χ3n) is 2.36. The van der Waals surface area contributed by atoms with Gasteiger partial charge >= 0.3 is 4.87 Å². The molecule has 0 fully saturated rings. The fourth-order valence-corrected chi connectivity index (χ4v) is 2.02. The van der Waals surface area contributed by atoms with Crippen molar-refractivity contribution >= 4 is 22.9 Å². The highest BCUT2D eigenvalue weighted by molar-refractivity contribution is 7.07. The summed E-state index contributed by atoms with van der Waals surface area (Å²) >= 11 is 0.930. The van der Waals surface area contributed by atoms with E-state index >= 15 is 0 Å². The van der Waals surface area contributed by atoms with E-state index in [0.29, 0.717) is 5.69 Å². The van der Waals surface area contributed by atoms with Crippen LogP contribution in [0.1, 0.15) is 16.1 Å². The molecule has 0 radical (unpaired) electrons. The van der Waals surface area contributed by atoms with Gasteiger partial charge in [-0.05, 0) is 12.1 Å². The van der Waals surface area contributed by atoms with Gasteiger partial charge in [0.2, 0.25) is 0 Å². The van der Waals surface area contributed by atoms with Crippen molar-refractivity contribution in [2.24, 2.45) is 0 Å². The minimum atomic E-state index is -1.10. The van der Waals surface area contributed by atoms with Crippen LogP contribution in [0.5, 0.6) is 0 Å². The van der Waals surface area contributed by atoms with Gasteiger partial charge in [-0.1, -0.05) is 11.3 Å². The second-order valence-electron chi connectivity index (χ2n) is 3.68. The van der Waals surface area contributed by atoms with E-state index in [1.165, 1.54) is 5.38 Å². The molecule has 1 heterocycles. The molecule has 1 aromatic carbocycles. The fourth-order valence-electron chi connectivity index (χ4n) is 1.44. The van der Waals surface area contributed by atoms with Crippen LogP contribution >= 0.6 is 11.3 Å². The quantitative estimate of drug-likeness (QED) is 0.741. The molecular formula is C11H9F2N3O2S. The fraction of sp³-hybridized carbons (Fsp3) is 0.0909. The molecule has 0 aliphatic heterocycles. The maximum atomic E-state index is 13.6. The summed E-state index contributed by atoms with van der Waals surface area (Å²) in [5.74, 6) is -3.03. The number of thiazole rings is 1. The van der Waals surface area contributed by atoms with Gasteiger partial charge in [-0.3, -0.25) is 9.59 Å². The van der Waals surface area contributed by atoms with Crippen molar-refractivity contribution in [1.82, 2.24) is 10.3 Å². The van der Waals surface area contributed by atoms with Crippen molar-refractivity contribution in [2.75, 3.05) is 5.73 Å². The molecule has 0 aliphatic carbocycles. The Bertz CT molecular complexity index is 681. The van der Waals surface area contributed by atoms with Gasteiger partial charge in [-0.25, -0.2) is 8.78 Å². The highest BCUT2D eigenvalue weighted by Crippen LogP contribution is 2.18. The Labute approximate surface area is 110 Å². The van der Waals surface area contributed by atoms with Crippen LogP contribution in [0.25, 0.3) is 0 Å². The molecule has 0 spiro atoms. The van der Waals surface area contributed by atoms with Gasteiger partial charge in [0.15, 0.2) is 5.82 Å². The van der Waals surface area contributed by atoms with E-state index < -0.39 is 23.1 Å². The number of aromatic nitrogens is 1. The molecule has 0 saturated carbocycles. The van der Waals surface area contributed by atoms with Crippen LogP contribution in [0.4, 0.5) is 14.5 Å². The molecule has 4 N–H and O–H groups in total. The van der Waals surface area contributed by atoms with E-state index in [9.17, 15) is 18.4 Å². The highest BCUT2D eigenvalue weighted by Gasteiger charge is 2.19. The number of H-pyrrole nitrogens is 1. The first kappa shape index (κ1) is 13.2. The number of hydrogen-bond acceptors (Lipinski definition) is 4. The van der Waals surface area contributed by atoms with Crippen LogP contribution in [0.3, 0.4) is 0 Å². The van der Waals surface area contributed by atoms with E-state index in [-0.39, 0.29) is 17.1 Å². The second kappa shape index (κ2) is 5.19. The molecule has 1 aromatic heterocycles. The lowest BCUT2D eigenvalue weighted by Gasteiger charge is -2.07. The van der Waals surface area contributed by atoms with Gasteiger partial charge in [0.1, 0.15) is 11.4 Å². The van der Waals surface area contributed by atoms with Crippen LogP contribution < -0.4 is 15.9 Å². The van der Waals surface area contributed by atoms with Crippen LogP contribution in [0, 0.1) is 11.6 Å². The first-order valence-corrected chi connectivity index (χ1v) is 6.05. The van der Waals surface area contributed by atoms with Crippen molar-refractivity contribution < 1.29 is 13.6 Å². The van der Waals surface area contributed by atoms with E-state index in [4.69, 9.17) is 5.73 Å². The molecular weight excluding hydrogens is 276 g/mol. The van der Waals surface area contributed by atoms with E-state index in [1.54, 1.807) is 0 Å². The van der Waals surface area contributed by atoms with Crippen molar-refractivity contribution in [3.8, 4) is 0 Å². The number of nitrogens with two attached hydrogens (primary N) is 1. The van der Waals surface area contributed by atoms with Gasteiger partial charge in [0, 0.05) is 11.1 Å².